The normalized spacial score (nSPS) is 10.3. The van der Waals surface area contributed by atoms with Gasteiger partial charge in [-0.3, -0.25) is 0 Å². The van der Waals surface area contributed by atoms with Crippen molar-refractivity contribution in [2.75, 3.05) is 13.7 Å². The number of esters is 1. The summed E-state index contributed by atoms with van der Waals surface area (Å²) >= 11 is 3.46. The Morgan fingerprint density at radius 2 is 1.73 bits per heavy atom. The van der Waals surface area contributed by atoms with Crippen molar-refractivity contribution in [3.05, 3.63) is 44.7 Å². The van der Waals surface area contributed by atoms with E-state index in [9.17, 15) is 20.1 Å². The molecule has 0 amide bonds. The molecule has 0 radical (unpaired) electrons. The topological polar surface area (TPSA) is 166 Å². The lowest BCUT2D eigenvalue weighted by molar-refractivity contribution is 0.0593. The second-order valence-corrected chi connectivity index (χ2v) is 7.05. The van der Waals surface area contributed by atoms with Crippen LogP contribution < -0.4 is 5.32 Å². The van der Waals surface area contributed by atoms with Crippen LogP contribution in [0.5, 0.6) is 0 Å². The van der Waals surface area contributed by atoms with E-state index in [2.05, 4.69) is 26.2 Å². The number of aromatic nitrogens is 1. The number of hydrogen-bond donors (Lipinski definition) is 5. The van der Waals surface area contributed by atoms with E-state index < -0.39 is 16.6 Å². The third kappa shape index (κ3) is 6.20. The Morgan fingerprint density at radius 3 is 2.20 bits per heavy atom. The van der Waals surface area contributed by atoms with Crippen LogP contribution in [0, 0.1) is 0 Å². The first-order chi connectivity index (χ1) is 14.3. The molecule has 0 unspecified atom stereocenters. The quantitative estimate of drug-likeness (QED) is 0.325. The van der Waals surface area contributed by atoms with Crippen molar-refractivity contribution in [1.82, 2.24) is 10.3 Å². The molecule has 0 saturated carbocycles. The fourth-order valence-corrected chi connectivity index (χ4v) is 3.65. The van der Waals surface area contributed by atoms with Gasteiger partial charge in [0.25, 0.3) is 0 Å². The van der Waals surface area contributed by atoms with Gasteiger partial charge in [-0.25, -0.2) is 4.79 Å². The van der Waals surface area contributed by atoms with Gasteiger partial charge in [-0.15, -0.1) is 12.6 Å². The number of H-pyrrole nitrogens is 1. The third-order valence-corrected chi connectivity index (χ3v) is 5.04. The molecule has 0 atom stereocenters. The molecule has 0 aliphatic rings. The Labute approximate surface area is 183 Å². The van der Waals surface area contributed by atoms with E-state index in [1.165, 1.54) is 7.11 Å². The average Bonchev–Trinajstić information content (AvgIpc) is 3.05. The van der Waals surface area contributed by atoms with Crippen molar-refractivity contribution in [2.24, 2.45) is 0 Å². The predicted octanol–water partition coefficient (Wildman–Crippen LogP) is 0.813. The Balaban J connectivity index is 0.00000103. The number of ether oxygens (including phenoxy) is 1. The summed E-state index contributed by atoms with van der Waals surface area (Å²) in [5.41, 5.74) is 3.93. The number of aliphatic hydroxyl groups is 3. The highest BCUT2D eigenvalue weighted by Gasteiger charge is 2.24. The number of methoxy groups -OCH3 is 1. The standard InChI is InChI=1S/C18H23BrN2O5.O3S/c1-3-20-6-14-15(16(19)17(21-14)18(25)26-2)11-5-4-10(7-22)12(8-23)13(11)9-24;1-4(2)3/h4-5,20-24H,3,6-9H2,1-2H3;. The number of carbonyl (C=O) groups is 1. The van der Waals surface area contributed by atoms with E-state index in [4.69, 9.17) is 17.4 Å². The molecule has 12 heteroatoms. The van der Waals surface area contributed by atoms with Crippen molar-refractivity contribution in [2.45, 2.75) is 33.3 Å². The van der Waals surface area contributed by atoms with Crippen LogP contribution in [0.2, 0.25) is 0 Å². The van der Waals surface area contributed by atoms with Crippen molar-refractivity contribution < 1.29 is 37.5 Å². The average molecular weight is 507 g/mol. The number of aromatic amines is 1. The number of nitrogens with one attached hydrogen (secondary N) is 2. The molecular formula is C18H23BrN2O8S. The van der Waals surface area contributed by atoms with Gasteiger partial charge < -0.3 is 30.4 Å². The first-order valence-corrected chi connectivity index (χ1v) is 10.5. The molecule has 1 aromatic heterocycles. The summed E-state index contributed by atoms with van der Waals surface area (Å²) in [4.78, 5) is 15.1. The maximum Gasteiger partial charge on any atom is 0.425 e. The molecule has 166 valence electrons. The molecule has 1 aromatic carbocycles. The van der Waals surface area contributed by atoms with Crippen molar-refractivity contribution in [3.8, 4) is 11.1 Å². The molecule has 1 heterocycles. The van der Waals surface area contributed by atoms with Crippen LogP contribution in [0.25, 0.3) is 11.1 Å². The van der Waals surface area contributed by atoms with Gasteiger partial charge >= 0.3 is 16.6 Å². The maximum absolute atomic E-state index is 12.1. The lowest BCUT2D eigenvalue weighted by Gasteiger charge is -2.16. The second-order valence-electron chi connectivity index (χ2n) is 5.85. The van der Waals surface area contributed by atoms with E-state index in [-0.39, 0.29) is 25.5 Å². The molecule has 0 aliphatic heterocycles. The monoisotopic (exact) mass is 506 g/mol. The number of carbonyl (C=O) groups excluding carboxylic acids is 1. The highest BCUT2D eigenvalue weighted by atomic mass is 79.9. The molecule has 0 fully saturated rings. The molecule has 0 bridgehead atoms. The molecule has 10 nitrogen and oxygen atoms in total. The molecule has 0 spiro atoms. The van der Waals surface area contributed by atoms with Crippen molar-refractivity contribution in [1.29, 1.82) is 0 Å². The number of rotatable bonds is 8. The first kappa shape index (κ1) is 25.9. The van der Waals surface area contributed by atoms with E-state index in [1.54, 1.807) is 12.1 Å². The summed E-state index contributed by atoms with van der Waals surface area (Å²) in [5, 5.41) is 32.3. The molecule has 2 rings (SSSR count). The molecule has 30 heavy (non-hydrogen) atoms. The van der Waals surface area contributed by atoms with Gasteiger partial charge in [-0.2, -0.15) is 0 Å². The summed E-state index contributed by atoms with van der Waals surface area (Å²) in [5.74, 6) is -0.513. The molecule has 0 saturated heterocycles. The summed E-state index contributed by atoms with van der Waals surface area (Å²) in [6.07, 6.45) is 0. The Hall–Kier alpha value is -2.09. The summed E-state index contributed by atoms with van der Waals surface area (Å²) in [6.45, 7) is 2.32. The van der Waals surface area contributed by atoms with Crippen LogP contribution in [0.4, 0.5) is 0 Å². The summed E-state index contributed by atoms with van der Waals surface area (Å²) < 4.78 is 30.7. The van der Waals surface area contributed by atoms with Crippen LogP contribution in [0.1, 0.15) is 39.8 Å². The second kappa shape index (κ2) is 12.6. The van der Waals surface area contributed by atoms with Gasteiger partial charge in [0.15, 0.2) is 0 Å². The van der Waals surface area contributed by atoms with Gasteiger partial charge in [0.2, 0.25) is 0 Å². The highest BCUT2D eigenvalue weighted by Crippen LogP contribution is 2.39. The molecular weight excluding hydrogens is 484 g/mol. The van der Waals surface area contributed by atoms with Crippen LogP contribution in [0.3, 0.4) is 0 Å². The van der Waals surface area contributed by atoms with Gasteiger partial charge in [-0.05, 0) is 44.7 Å². The zero-order chi connectivity index (χ0) is 22.8. The SMILES string of the molecule is CCNCc1[nH]c(C(=O)OC)c(Br)c1-c1ccc(CO)c(CO)c1CO.O=S(=O)=O. The van der Waals surface area contributed by atoms with Crippen molar-refractivity contribution >= 4 is 32.5 Å². The minimum absolute atomic E-state index is 0.241. The fraction of sp³-hybridized carbons (Fsp3) is 0.389. The van der Waals surface area contributed by atoms with E-state index in [0.717, 1.165) is 12.2 Å². The minimum Gasteiger partial charge on any atom is -0.464 e. The van der Waals surface area contributed by atoms with E-state index >= 15 is 0 Å². The Kier molecular flexibility index (Phi) is 10.9. The molecule has 0 aliphatic carbocycles. The Morgan fingerprint density at radius 1 is 1.13 bits per heavy atom. The smallest absolute Gasteiger partial charge is 0.425 e. The fourth-order valence-electron chi connectivity index (χ4n) is 2.93. The van der Waals surface area contributed by atoms with Crippen LogP contribution in [-0.4, -0.2) is 52.6 Å². The predicted molar refractivity (Wildman–Crippen MR) is 110 cm³/mol. The van der Waals surface area contributed by atoms with Crippen LogP contribution in [0.15, 0.2) is 16.6 Å². The largest absolute Gasteiger partial charge is 0.464 e. The number of aliphatic hydroxyl groups excluding tert-OH is 3. The highest BCUT2D eigenvalue weighted by molar-refractivity contribution is 9.10. The summed E-state index contributed by atoms with van der Waals surface area (Å²) in [6, 6.07) is 3.47. The first-order valence-electron chi connectivity index (χ1n) is 8.69. The van der Waals surface area contributed by atoms with Crippen molar-refractivity contribution in [3.63, 3.8) is 0 Å². The zero-order valence-electron chi connectivity index (χ0n) is 16.4. The zero-order valence-corrected chi connectivity index (χ0v) is 18.8. The van der Waals surface area contributed by atoms with Gasteiger partial charge in [-0.1, -0.05) is 19.1 Å². The maximum atomic E-state index is 12.1. The molecule has 2 aromatic rings. The third-order valence-electron chi connectivity index (χ3n) is 4.24. The number of halogens is 1. The number of hydrogen-bond acceptors (Lipinski definition) is 9. The van der Waals surface area contributed by atoms with Gasteiger partial charge in [0.05, 0.1) is 31.4 Å². The Bertz CT molecular complexity index is 982. The lowest BCUT2D eigenvalue weighted by atomic mass is 9.92. The molecule has 5 N–H and O–H groups in total. The van der Waals surface area contributed by atoms with Gasteiger partial charge in [0.1, 0.15) is 5.69 Å². The van der Waals surface area contributed by atoms with E-state index in [0.29, 0.717) is 38.8 Å². The van der Waals surface area contributed by atoms with Crippen LogP contribution in [-0.2, 0) is 41.7 Å². The van der Waals surface area contributed by atoms with Gasteiger partial charge in [0, 0.05) is 17.8 Å². The number of benzene rings is 1. The minimum atomic E-state index is -3.11. The lowest BCUT2D eigenvalue weighted by Crippen LogP contribution is -2.13. The van der Waals surface area contributed by atoms with Crippen LogP contribution >= 0.6 is 15.9 Å². The summed E-state index contributed by atoms with van der Waals surface area (Å²) in [7, 11) is -1.81. The van der Waals surface area contributed by atoms with E-state index in [1.807, 2.05) is 6.92 Å².